The molecule has 208 valence electrons. The van der Waals surface area contributed by atoms with E-state index in [9.17, 15) is 18.0 Å². The van der Waals surface area contributed by atoms with Crippen molar-refractivity contribution in [2.45, 2.75) is 45.8 Å². The Labute approximate surface area is 240 Å². The van der Waals surface area contributed by atoms with Gasteiger partial charge < -0.3 is 10.2 Å². The maximum atomic E-state index is 14.1. The topological polar surface area (TPSA) is 86.8 Å². The van der Waals surface area contributed by atoms with Crippen LogP contribution in [0.4, 0.5) is 5.69 Å². The molecule has 0 spiro atoms. The van der Waals surface area contributed by atoms with Gasteiger partial charge in [-0.3, -0.25) is 13.9 Å². The zero-order valence-corrected chi connectivity index (χ0v) is 24.7. The zero-order chi connectivity index (χ0) is 28.7. The maximum absolute atomic E-state index is 14.1. The van der Waals surface area contributed by atoms with Crippen LogP contribution in [-0.4, -0.2) is 50.0 Å². The van der Waals surface area contributed by atoms with Crippen molar-refractivity contribution in [1.82, 2.24) is 10.2 Å². The van der Waals surface area contributed by atoms with Gasteiger partial charge in [-0.1, -0.05) is 71.7 Å². The van der Waals surface area contributed by atoms with Crippen molar-refractivity contribution in [3.05, 3.63) is 99.5 Å². The van der Waals surface area contributed by atoms with Crippen molar-refractivity contribution in [2.75, 3.05) is 17.1 Å². The molecular weight excluding hydrogens is 557 g/mol. The lowest BCUT2D eigenvalue weighted by atomic mass is 10.0. The molecule has 0 bridgehead atoms. The molecule has 3 aromatic carbocycles. The van der Waals surface area contributed by atoms with Crippen molar-refractivity contribution in [3.63, 3.8) is 0 Å². The normalized spacial score (nSPS) is 12.2. The number of hydrogen-bond donors (Lipinski definition) is 1. The number of nitrogens with zero attached hydrogens (tertiary/aromatic N) is 2. The number of hydrogen-bond acceptors (Lipinski definition) is 4. The van der Waals surface area contributed by atoms with E-state index in [1.54, 1.807) is 49.4 Å². The molecule has 1 N–H and O–H groups in total. The number of benzene rings is 3. The van der Waals surface area contributed by atoms with E-state index >= 15 is 0 Å². The lowest BCUT2D eigenvalue weighted by Gasteiger charge is -2.34. The van der Waals surface area contributed by atoms with Crippen LogP contribution in [0.1, 0.15) is 30.5 Å². The van der Waals surface area contributed by atoms with Crippen LogP contribution in [0.2, 0.25) is 10.0 Å². The molecule has 0 fully saturated rings. The molecule has 1 atom stereocenters. The minimum Gasteiger partial charge on any atom is -0.352 e. The number of carbonyl (C=O) groups excluding carboxylic acids is 2. The van der Waals surface area contributed by atoms with Crippen molar-refractivity contribution in [2.24, 2.45) is 0 Å². The largest absolute Gasteiger partial charge is 0.352 e. The van der Waals surface area contributed by atoms with E-state index < -0.39 is 28.5 Å². The highest BCUT2D eigenvalue weighted by molar-refractivity contribution is 7.92. The second-order valence-corrected chi connectivity index (χ2v) is 12.4. The SMILES string of the molecule is Cc1cc(Cl)ccc1N(CC(=O)N(Cc1ccccc1Cl)[C@@H](Cc1ccccc1)C(=O)NC(C)C)S(C)(=O)=O. The number of halogens is 2. The molecule has 2 amide bonds. The van der Waals surface area contributed by atoms with Gasteiger partial charge in [0.15, 0.2) is 0 Å². The van der Waals surface area contributed by atoms with Gasteiger partial charge in [-0.05, 0) is 61.7 Å². The first-order chi connectivity index (χ1) is 18.4. The van der Waals surface area contributed by atoms with E-state index in [1.807, 2.05) is 44.2 Å². The van der Waals surface area contributed by atoms with E-state index in [0.29, 0.717) is 26.9 Å². The lowest BCUT2D eigenvalue weighted by molar-refractivity contribution is -0.140. The second kappa shape index (κ2) is 13.3. The van der Waals surface area contributed by atoms with Gasteiger partial charge in [0.25, 0.3) is 0 Å². The summed E-state index contributed by atoms with van der Waals surface area (Å²) in [4.78, 5) is 29.0. The highest BCUT2D eigenvalue weighted by atomic mass is 35.5. The van der Waals surface area contributed by atoms with Gasteiger partial charge in [-0.2, -0.15) is 0 Å². The molecule has 0 unspecified atom stereocenters. The number of nitrogens with one attached hydrogen (secondary N) is 1. The van der Waals surface area contributed by atoms with E-state index in [0.717, 1.165) is 16.1 Å². The van der Waals surface area contributed by atoms with Crippen LogP contribution in [-0.2, 0) is 32.6 Å². The number of anilines is 1. The number of sulfonamides is 1. The summed E-state index contributed by atoms with van der Waals surface area (Å²) in [5, 5.41) is 3.80. The predicted molar refractivity (Wildman–Crippen MR) is 158 cm³/mol. The molecule has 3 aromatic rings. The predicted octanol–water partition coefficient (Wildman–Crippen LogP) is 5.23. The van der Waals surface area contributed by atoms with Crippen LogP contribution < -0.4 is 9.62 Å². The molecular formula is C29H33Cl2N3O4S. The van der Waals surface area contributed by atoms with Crippen molar-refractivity contribution >= 4 is 50.7 Å². The molecule has 0 saturated heterocycles. The van der Waals surface area contributed by atoms with Crippen LogP contribution in [0, 0.1) is 6.92 Å². The first kappa shape index (κ1) is 30.5. The Bertz CT molecular complexity index is 1420. The summed E-state index contributed by atoms with van der Waals surface area (Å²) in [5.74, 6) is -0.891. The molecule has 0 aliphatic heterocycles. The molecule has 0 aliphatic rings. The molecule has 0 aliphatic carbocycles. The van der Waals surface area contributed by atoms with Gasteiger partial charge in [-0.15, -0.1) is 0 Å². The molecule has 3 rings (SSSR count). The first-order valence-corrected chi connectivity index (χ1v) is 15.1. The molecule has 7 nitrogen and oxygen atoms in total. The van der Waals surface area contributed by atoms with E-state index in [-0.39, 0.29) is 24.9 Å². The fourth-order valence-electron chi connectivity index (χ4n) is 4.24. The minimum absolute atomic E-state index is 0.0126. The highest BCUT2D eigenvalue weighted by Crippen LogP contribution is 2.27. The second-order valence-electron chi connectivity index (χ2n) is 9.68. The Kier molecular flexibility index (Phi) is 10.4. The third-order valence-corrected chi connectivity index (χ3v) is 7.84. The number of aryl methyl sites for hydroxylation is 1. The summed E-state index contributed by atoms with van der Waals surface area (Å²) in [7, 11) is -3.87. The molecule has 0 heterocycles. The molecule has 39 heavy (non-hydrogen) atoms. The van der Waals surface area contributed by atoms with Gasteiger partial charge in [0.2, 0.25) is 21.8 Å². The van der Waals surface area contributed by atoms with Gasteiger partial charge in [0.1, 0.15) is 12.6 Å². The first-order valence-electron chi connectivity index (χ1n) is 12.5. The van der Waals surface area contributed by atoms with Gasteiger partial charge in [-0.25, -0.2) is 8.42 Å². The Morgan fingerprint density at radius 3 is 2.18 bits per heavy atom. The van der Waals surface area contributed by atoms with Crippen LogP contribution in [0.3, 0.4) is 0 Å². The molecule has 0 aromatic heterocycles. The Balaban J connectivity index is 2.08. The highest BCUT2D eigenvalue weighted by Gasteiger charge is 2.33. The summed E-state index contributed by atoms with van der Waals surface area (Å²) in [6.45, 7) is 4.91. The standard InChI is InChI=1S/C29H33Cl2N3O4S/c1-20(2)32-29(36)27(17-22-10-6-5-7-11-22)33(18-23-12-8-9-13-25(23)31)28(35)19-34(39(4,37)38)26-15-14-24(30)16-21(26)3/h5-16,20,27H,17-19H2,1-4H3,(H,32,36)/t27-/m0/s1. The molecule has 0 radical (unpaired) electrons. The van der Waals surface area contributed by atoms with Crippen LogP contribution >= 0.6 is 23.2 Å². The average Bonchev–Trinajstić information content (AvgIpc) is 2.85. The fraction of sp³-hybridized carbons (Fsp3) is 0.310. The summed E-state index contributed by atoms with van der Waals surface area (Å²) in [6, 6.07) is 20.1. The van der Waals surface area contributed by atoms with Gasteiger partial charge >= 0.3 is 0 Å². The Morgan fingerprint density at radius 2 is 1.59 bits per heavy atom. The van der Waals surface area contributed by atoms with E-state index in [1.165, 1.54) is 4.90 Å². The lowest BCUT2D eigenvalue weighted by Crippen LogP contribution is -2.54. The third-order valence-electron chi connectivity index (χ3n) is 6.11. The summed E-state index contributed by atoms with van der Waals surface area (Å²) in [6.07, 6.45) is 1.27. The number of amides is 2. The molecule has 0 saturated carbocycles. The van der Waals surface area contributed by atoms with Crippen LogP contribution in [0.15, 0.2) is 72.8 Å². The monoisotopic (exact) mass is 589 g/mol. The Hall–Kier alpha value is -3.07. The number of rotatable bonds is 11. The average molecular weight is 591 g/mol. The van der Waals surface area contributed by atoms with Crippen LogP contribution in [0.25, 0.3) is 0 Å². The van der Waals surface area contributed by atoms with Crippen molar-refractivity contribution in [3.8, 4) is 0 Å². The summed E-state index contributed by atoms with van der Waals surface area (Å²) < 4.78 is 26.8. The smallest absolute Gasteiger partial charge is 0.244 e. The molecule has 10 heteroatoms. The van der Waals surface area contributed by atoms with Crippen LogP contribution in [0.5, 0.6) is 0 Å². The zero-order valence-electron chi connectivity index (χ0n) is 22.4. The van der Waals surface area contributed by atoms with E-state index in [4.69, 9.17) is 23.2 Å². The third kappa shape index (κ3) is 8.46. The Morgan fingerprint density at radius 1 is 0.949 bits per heavy atom. The van der Waals surface area contributed by atoms with E-state index in [2.05, 4.69) is 5.32 Å². The quantitative estimate of drug-likeness (QED) is 0.331. The van der Waals surface area contributed by atoms with Crippen molar-refractivity contribution < 1.29 is 18.0 Å². The maximum Gasteiger partial charge on any atom is 0.244 e. The fourth-order valence-corrected chi connectivity index (χ4v) is 5.57. The van der Waals surface area contributed by atoms with Crippen molar-refractivity contribution in [1.29, 1.82) is 0 Å². The number of carbonyl (C=O) groups is 2. The summed E-state index contributed by atoms with van der Waals surface area (Å²) in [5.41, 5.74) is 2.42. The van der Waals surface area contributed by atoms with Gasteiger partial charge in [0, 0.05) is 29.1 Å². The van der Waals surface area contributed by atoms with Gasteiger partial charge in [0.05, 0.1) is 11.9 Å². The minimum atomic E-state index is -3.87. The summed E-state index contributed by atoms with van der Waals surface area (Å²) >= 11 is 12.5.